The number of rotatable bonds is 3. The van der Waals surface area contributed by atoms with Crippen molar-refractivity contribution in [3.8, 4) is 0 Å². The summed E-state index contributed by atoms with van der Waals surface area (Å²) in [5, 5.41) is 0. The van der Waals surface area contributed by atoms with Gasteiger partial charge in [-0.2, -0.15) is 0 Å². The Bertz CT molecular complexity index is 228. The Labute approximate surface area is 76.6 Å². The molecule has 1 fully saturated rings. The first-order valence-corrected chi connectivity index (χ1v) is 4.09. The van der Waals surface area contributed by atoms with E-state index in [0.29, 0.717) is 6.41 Å². The molecular formula is C8H13NO4. The van der Waals surface area contributed by atoms with Crippen LogP contribution in [0.2, 0.25) is 0 Å². The highest BCUT2D eigenvalue weighted by Gasteiger charge is 2.43. The van der Waals surface area contributed by atoms with Crippen molar-refractivity contribution >= 4 is 12.6 Å². The molecule has 1 heterocycles. The second kappa shape index (κ2) is 3.24. The van der Waals surface area contributed by atoms with E-state index < -0.39 is 11.9 Å². The Morgan fingerprint density at radius 1 is 1.62 bits per heavy atom. The zero-order chi connectivity index (χ0) is 10.1. The minimum atomic E-state index is -0.951. The van der Waals surface area contributed by atoms with Crippen LogP contribution >= 0.6 is 0 Å². The summed E-state index contributed by atoms with van der Waals surface area (Å²) in [7, 11) is 0. The number of amides is 1. The molecule has 0 spiro atoms. The lowest BCUT2D eigenvalue weighted by atomic mass is 10.2. The van der Waals surface area contributed by atoms with Crippen molar-refractivity contribution in [1.29, 1.82) is 0 Å². The number of hydrogen-bond acceptors (Lipinski definition) is 4. The number of ether oxygens (including phenoxy) is 2. The molecule has 74 valence electrons. The van der Waals surface area contributed by atoms with E-state index in [-0.39, 0.29) is 12.6 Å². The molecular weight excluding hydrogens is 174 g/mol. The third-order valence-electron chi connectivity index (χ3n) is 1.98. The van der Waals surface area contributed by atoms with Crippen molar-refractivity contribution in [3.63, 3.8) is 0 Å². The normalized spacial score (nSPS) is 26.9. The predicted octanol–water partition coefficient (Wildman–Crippen LogP) is 0.736. The number of carbonyl (C=O) groups excluding carboxylic acids is 2. The molecule has 1 aliphatic heterocycles. The van der Waals surface area contributed by atoms with Gasteiger partial charge in [0.15, 0.2) is 6.61 Å². The molecule has 0 bridgehead atoms. The van der Waals surface area contributed by atoms with E-state index in [2.05, 4.69) is 4.74 Å². The molecule has 1 amide bonds. The Morgan fingerprint density at radius 2 is 2.23 bits per heavy atom. The van der Waals surface area contributed by atoms with Crippen LogP contribution in [-0.2, 0) is 14.3 Å². The van der Waals surface area contributed by atoms with Crippen LogP contribution in [-0.4, -0.2) is 35.8 Å². The molecule has 0 N–H and O–H groups in total. The first kappa shape index (κ1) is 9.83. The van der Waals surface area contributed by atoms with Crippen LogP contribution in [0.4, 0.5) is 4.79 Å². The Kier molecular flexibility index (Phi) is 2.45. The van der Waals surface area contributed by atoms with E-state index >= 15 is 0 Å². The quantitative estimate of drug-likeness (QED) is 0.483. The van der Waals surface area contributed by atoms with Crippen LogP contribution in [0.1, 0.15) is 20.8 Å². The van der Waals surface area contributed by atoms with Crippen molar-refractivity contribution in [2.45, 2.75) is 32.5 Å². The monoisotopic (exact) mass is 187 g/mol. The summed E-state index contributed by atoms with van der Waals surface area (Å²) >= 11 is 0. The van der Waals surface area contributed by atoms with Crippen LogP contribution in [0.15, 0.2) is 0 Å². The van der Waals surface area contributed by atoms with E-state index in [1.807, 2.05) is 13.8 Å². The molecule has 1 aliphatic rings. The molecule has 0 aliphatic carbocycles. The highest BCUT2D eigenvalue weighted by molar-refractivity contribution is 5.63. The minimum absolute atomic E-state index is 0.0306. The fourth-order valence-corrected chi connectivity index (χ4v) is 1.34. The molecule has 1 saturated heterocycles. The Balaban J connectivity index is 2.78. The number of hydrogen-bond donors (Lipinski definition) is 0. The van der Waals surface area contributed by atoms with E-state index in [0.717, 1.165) is 0 Å². The zero-order valence-corrected chi connectivity index (χ0v) is 7.94. The van der Waals surface area contributed by atoms with Crippen molar-refractivity contribution in [2.24, 2.45) is 0 Å². The molecule has 1 unspecified atom stereocenters. The molecule has 0 aromatic carbocycles. The topological polar surface area (TPSA) is 55.8 Å². The fraction of sp³-hybridized carbons (Fsp3) is 0.750. The molecule has 0 radical (unpaired) electrons. The molecule has 0 aromatic heterocycles. The van der Waals surface area contributed by atoms with Gasteiger partial charge >= 0.3 is 6.16 Å². The van der Waals surface area contributed by atoms with Crippen molar-refractivity contribution < 1.29 is 19.1 Å². The average molecular weight is 187 g/mol. The Hall–Kier alpha value is -1.26. The van der Waals surface area contributed by atoms with Gasteiger partial charge in [-0.3, -0.25) is 4.79 Å². The molecule has 0 saturated carbocycles. The van der Waals surface area contributed by atoms with Gasteiger partial charge in [-0.25, -0.2) is 4.79 Å². The second-order valence-corrected chi connectivity index (χ2v) is 3.42. The third-order valence-corrected chi connectivity index (χ3v) is 1.98. The van der Waals surface area contributed by atoms with Crippen molar-refractivity contribution in [3.05, 3.63) is 0 Å². The van der Waals surface area contributed by atoms with E-state index in [1.54, 1.807) is 6.92 Å². The lowest BCUT2D eigenvalue weighted by Crippen LogP contribution is -2.51. The third kappa shape index (κ3) is 1.74. The standard InChI is InChI=1S/C8H13NO4/c1-6(2)9(5-10)8(3)4-12-7(11)13-8/h5-6H,4H2,1-3H3. The van der Waals surface area contributed by atoms with E-state index in [4.69, 9.17) is 4.74 Å². The van der Waals surface area contributed by atoms with Gasteiger partial charge in [0.25, 0.3) is 0 Å². The van der Waals surface area contributed by atoms with Gasteiger partial charge in [0.05, 0.1) is 0 Å². The molecule has 13 heavy (non-hydrogen) atoms. The molecule has 5 heteroatoms. The summed E-state index contributed by atoms with van der Waals surface area (Å²) in [6.45, 7) is 5.41. The van der Waals surface area contributed by atoms with Gasteiger partial charge in [-0.15, -0.1) is 0 Å². The first-order valence-electron chi connectivity index (χ1n) is 4.09. The summed E-state index contributed by atoms with van der Waals surface area (Å²) in [6, 6.07) is -0.0306. The average Bonchev–Trinajstić information content (AvgIpc) is 2.32. The summed E-state index contributed by atoms with van der Waals surface area (Å²) in [5.41, 5.74) is -0.951. The SMILES string of the molecule is CC(C)N(C=O)C1(C)COC(=O)O1. The summed E-state index contributed by atoms with van der Waals surface area (Å²) in [4.78, 5) is 22.9. The number of nitrogens with zero attached hydrogens (tertiary/aromatic N) is 1. The van der Waals surface area contributed by atoms with Gasteiger partial charge in [-0.05, 0) is 20.8 Å². The maximum absolute atomic E-state index is 10.7. The molecule has 1 rings (SSSR count). The number of cyclic esters (lactones) is 2. The maximum Gasteiger partial charge on any atom is 0.510 e. The van der Waals surface area contributed by atoms with Crippen molar-refractivity contribution in [1.82, 2.24) is 4.90 Å². The van der Waals surface area contributed by atoms with Crippen LogP contribution in [0, 0.1) is 0 Å². The lowest BCUT2D eigenvalue weighted by Gasteiger charge is -2.34. The molecule has 0 aromatic rings. The highest BCUT2D eigenvalue weighted by atomic mass is 16.8. The highest BCUT2D eigenvalue weighted by Crippen LogP contribution is 2.24. The fourth-order valence-electron chi connectivity index (χ4n) is 1.34. The van der Waals surface area contributed by atoms with Crippen LogP contribution < -0.4 is 0 Å². The van der Waals surface area contributed by atoms with Gasteiger partial charge in [0.1, 0.15) is 0 Å². The van der Waals surface area contributed by atoms with E-state index in [1.165, 1.54) is 4.90 Å². The number of carbonyl (C=O) groups is 2. The zero-order valence-electron chi connectivity index (χ0n) is 7.94. The van der Waals surface area contributed by atoms with Gasteiger partial charge in [0, 0.05) is 6.04 Å². The molecule has 1 atom stereocenters. The first-order chi connectivity index (χ1) is 5.99. The van der Waals surface area contributed by atoms with Crippen LogP contribution in [0.5, 0.6) is 0 Å². The lowest BCUT2D eigenvalue weighted by molar-refractivity contribution is -0.141. The van der Waals surface area contributed by atoms with Gasteiger partial charge in [-0.1, -0.05) is 0 Å². The summed E-state index contributed by atoms with van der Waals surface area (Å²) < 4.78 is 9.54. The van der Waals surface area contributed by atoms with Crippen LogP contribution in [0.25, 0.3) is 0 Å². The summed E-state index contributed by atoms with van der Waals surface area (Å²) in [5.74, 6) is 0. The maximum atomic E-state index is 10.7. The van der Waals surface area contributed by atoms with Gasteiger partial charge < -0.3 is 14.4 Å². The van der Waals surface area contributed by atoms with Gasteiger partial charge in [0.2, 0.25) is 12.1 Å². The Morgan fingerprint density at radius 3 is 2.54 bits per heavy atom. The van der Waals surface area contributed by atoms with E-state index in [9.17, 15) is 9.59 Å². The minimum Gasteiger partial charge on any atom is -0.428 e. The summed E-state index contributed by atoms with van der Waals surface area (Å²) in [6.07, 6.45) is -0.0675. The van der Waals surface area contributed by atoms with Crippen LogP contribution in [0.3, 0.4) is 0 Å². The smallest absolute Gasteiger partial charge is 0.428 e. The second-order valence-electron chi connectivity index (χ2n) is 3.42. The predicted molar refractivity (Wildman–Crippen MR) is 43.9 cm³/mol. The largest absolute Gasteiger partial charge is 0.510 e. The molecule has 5 nitrogen and oxygen atoms in total. The van der Waals surface area contributed by atoms with Crippen molar-refractivity contribution in [2.75, 3.05) is 6.61 Å².